The Balaban J connectivity index is 4.27. The van der Waals surface area contributed by atoms with E-state index in [0.717, 1.165) is 0 Å². The van der Waals surface area contributed by atoms with Crippen LogP contribution in [0.25, 0.3) is 0 Å². The summed E-state index contributed by atoms with van der Waals surface area (Å²) in [6.45, 7) is 0.931. The Morgan fingerprint density at radius 1 is 1.31 bits per heavy atom. The maximum atomic E-state index is 12.4. The molecule has 0 aromatic carbocycles. The predicted octanol–water partition coefficient (Wildman–Crippen LogP) is 1.32. The van der Waals surface area contributed by atoms with Crippen molar-refractivity contribution in [2.75, 3.05) is 13.2 Å². The zero-order chi connectivity index (χ0) is 13.0. The van der Waals surface area contributed by atoms with E-state index in [0.29, 0.717) is 0 Å². The number of amides is 1. The van der Waals surface area contributed by atoms with Crippen LogP contribution in [0, 0.1) is 5.92 Å². The highest BCUT2D eigenvalue weighted by atomic mass is 19.4. The number of hydrogen-bond acceptors (Lipinski definition) is 2. The molecule has 0 fully saturated rings. The average Bonchev–Trinajstić information content (AvgIpc) is 2.12. The molecule has 0 saturated heterocycles. The third-order valence-corrected chi connectivity index (χ3v) is 1.87. The van der Waals surface area contributed by atoms with Crippen LogP contribution in [0.1, 0.15) is 13.3 Å². The molecule has 0 aliphatic carbocycles. The van der Waals surface area contributed by atoms with Gasteiger partial charge in [-0.2, -0.15) is 22.0 Å². The van der Waals surface area contributed by atoms with E-state index in [1.807, 2.05) is 0 Å². The first-order valence-corrected chi connectivity index (χ1v) is 4.46. The number of carbonyl (C=O) groups excluding carboxylic acids is 1. The monoisotopic (exact) mass is 249 g/mol. The number of aliphatic hydroxyl groups excluding tert-OH is 1. The highest BCUT2D eigenvalue weighted by Crippen LogP contribution is 2.35. The molecule has 0 rings (SSSR count). The van der Waals surface area contributed by atoms with Crippen LogP contribution in [-0.2, 0) is 4.79 Å². The molecule has 0 aliphatic heterocycles. The maximum Gasteiger partial charge on any atom is 0.463 e. The number of halogens is 5. The Morgan fingerprint density at radius 2 is 1.81 bits per heavy atom. The summed E-state index contributed by atoms with van der Waals surface area (Å²) < 4.78 is 59.9. The number of rotatable bonds is 5. The van der Waals surface area contributed by atoms with E-state index in [9.17, 15) is 26.7 Å². The summed E-state index contributed by atoms with van der Waals surface area (Å²) in [5, 5.41) is 9.94. The van der Waals surface area contributed by atoms with Crippen LogP contribution in [0.3, 0.4) is 0 Å². The molecule has 0 saturated carbocycles. The van der Waals surface area contributed by atoms with Gasteiger partial charge in [0.2, 0.25) is 0 Å². The number of carbonyl (C=O) groups is 1. The fourth-order valence-electron chi connectivity index (χ4n) is 0.829. The van der Waals surface area contributed by atoms with Crippen LogP contribution < -0.4 is 5.32 Å². The standard InChI is InChI=1S/C8H12F5NO2/c1-5(2-3-15)4-14-6(16)7(9,10)8(11,12)13/h5,15H,2-4H2,1H3,(H,14,16). The van der Waals surface area contributed by atoms with E-state index in [1.54, 1.807) is 0 Å². The summed E-state index contributed by atoms with van der Waals surface area (Å²) in [5.74, 6) is -8.13. The maximum absolute atomic E-state index is 12.4. The number of nitrogens with one attached hydrogen (secondary N) is 1. The molecule has 0 radical (unpaired) electrons. The topological polar surface area (TPSA) is 49.3 Å². The third kappa shape index (κ3) is 3.92. The van der Waals surface area contributed by atoms with Gasteiger partial charge >= 0.3 is 12.1 Å². The Morgan fingerprint density at radius 3 is 2.19 bits per heavy atom. The van der Waals surface area contributed by atoms with Crippen molar-refractivity contribution in [3.63, 3.8) is 0 Å². The zero-order valence-electron chi connectivity index (χ0n) is 8.44. The lowest BCUT2D eigenvalue weighted by molar-refractivity contribution is -0.269. The van der Waals surface area contributed by atoms with Gasteiger partial charge in [0.1, 0.15) is 0 Å². The molecule has 0 aliphatic rings. The molecular formula is C8H12F5NO2. The summed E-state index contributed by atoms with van der Waals surface area (Å²) in [7, 11) is 0. The Hall–Kier alpha value is -0.920. The van der Waals surface area contributed by atoms with Gasteiger partial charge in [-0.05, 0) is 12.3 Å². The first-order chi connectivity index (χ1) is 7.13. The number of hydrogen-bond donors (Lipinski definition) is 2. The second-order valence-corrected chi connectivity index (χ2v) is 3.40. The lowest BCUT2D eigenvalue weighted by atomic mass is 10.1. The smallest absolute Gasteiger partial charge is 0.396 e. The van der Waals surface area contributed by atoms with Gasteiger partial charge in [0.25, 0.3) is 5.91 Å². The molecule has 8 heteroatoms. The van der Waals surface area contributed by atoms with Crippen molar-refractivity contribution >= 4 is 5.91 Å². The van der Waals surface area contributed by atoms with Gasteiger partial charge in [-0.15, -0.1) is 0 Å². The van der Waals surface area contributed by atoms with Gasteiger partial charge in [-0.25, -0.2) is 0 Å². The Kier molecular flexibility index (Phi) is 5.11. The minimum absolute atomic E-state index is 0.206. The van der Waals surface area contributed by atoms with E-state index < -0.39 is 18.0 Å². The molecule has 1 amide bonds. The van der Waals surface area contributed by atoms with Gasteiger partial charge in [0.15, 0.2) is 0 Å². The van der Waals surface area contributed by atoms with Crippen molar-refractivity contribution in [1.82, 2.24) is 5.32 Å². The molecule has 0 aromatic heterocycles. The third-order valence-electron chi connectivity index (χ3n) is 1.87. The van der Waals surface area contributed by atoms with Crippen molar-refractivity contribution in [3.8, 4) is 0 Å². The molecule has 3 nitrogen and oxygen atoms in total. The lowest BCUT2D eigenvalue weighted by Crippen LogP contribution is -2.51. The van der Waals surface area contributed by atoms with Crippen molar-refractivity contribution < 1.29 is 31.9 Å². The second-order valence-electron chi connectivity index (χ2n) is 3.40. The van der Waals surface area contributed by atoms with E-state index in [-0.39, 0.29) is 25.5 Å². The van der Waals surface area contributed by atoms with Gasteiger partial charge in [-0.3, -0.25) is 4.79 Å². The molecule has 0 spiro atoms. The lowest BCUT2D eigenvalue weighted by Gasteiger charge is -2.19. The summed E-state index contributed by atoms with van der Waals surface area (Å²) in [6.07, 6.45) is -5.69. The van der Waals surface area contributed by atoms with Crippen LogP contribution >= 0.6 is 0 Å². The highest BCUT2D eigenvalue weighted by molar-refractivity contribution is 5.84. The van der Waals surface area contributed by atoms with Crippen LogP contribution in [0.4, 0.5) is 22.0 Å². The minimum atomic E-state index is -5.89. The summed E-state index contributed by atoms with van der Waals surface area (Å²) in [5.41, 5.74) is 0. The molecule has 1 atom stereocenters. The quantitative estimate of drug-likeness (QED) is 0.722. The Labute approximate surface area is 88.6 Å². The minimum Gasteiger partial charge on any atom is -0.396 e. The largest absolute Gasteiger partial charge is 0.463 e. The first kappa shape index (κ1) is 15.1. The number of alkyl halides is 5. The van der Waals surface area contributed by atoms with E-state index in [4.69, 9.17) is 5.11 Å². The van der Waals surface area contributed by atoms with E-state index >= 15 is 0 Å². The molecule has 1 unspecified atom stereocenters. The molecular weight excluding hydrogens is 237 g/mol. The van der Waals surface area contributed by atoms with E-state index in [1.165, 1.54) is 12.2 Å². The van der Waals surface area contributed by atoms with Crippen molar-refractivity contribution in [2.24, 2.45) is 5.92 Å². The molecule has 0 heterocycles. The van der Waals surface area contributed by atoms with Crippen molar-refractivity contribution in [2.45, 2.75) is 25.4 Å². The highest BCUT2D eigenvalue weighted by Gasteiger charge is 2.63. The SMILES string of the molecule is CC(CCO)CNC(=O)C(F)(F)C(F)(F)F. The summed E-state index contributed by atoms with van der Waals surface area (Å²) in [4.78, 5) is 10.6. The zero-order valence-corrected chi connectivity index (χ0v) is 8.44. The van der Waals surface area contributed by atoms with Crippen LogP contribution in [0.15, 0.2) is 0 Å². The van der Waals surface area contributed by atoms with Crippen LogP contribution in [0.2, 0.25) is 0 Å². The van der Waals surface area contributed by atoms with Crippen LogP contribution in [-0.4, -0.2) is 36.3 Å². The molecule has 0 bridgehead atoms. The predicted molar refractivity (Wildman–Crippen MR) is 44.9 cm³/mol. The fourth-order valence-corrected chi connectivity index (χ4v) is 0.829. The molecule has 2 N–H and O–H groups in total. The molecule has 16 heavy (non-hydrogen) atoms. The summed E-state index contributed by atoms with van der Waals surface area (Å²) in [6, 6.07) is 0. The van der Waals surface area contributed by atoms with Gasteiger partial charge in [0, 0.05) is 13.2 Å². The van der Waals surface area contributed by atoms with Crippen molar-refractivity contribution in [3.05, 3.63) is 0 Å². The van der Waals surface area contributed by atoms with Gasteiger partial charge < -0.3 is 10.4 Å². The molecule has 0 aromatic rings. The second kappa shape index (κ2) is 5.42. The van der Waals surface area contributed by atoms with E-state index in [2.05, 4.69) is 0 Å². The fraction of sp³-hybridized carbons (Fsp3) is 0.875. The van der Waals surface area contributed by atoms with Gasteiger partial charge in [0.05, 0.1) is 0 Å². The molecule has 96 valence electrons. The van der Waals surface area contributed by atoms with Gasteiger partial charge in [-0.1, -0.05) is 6.92 Å². The first-order valence-electron chi connectivity index (χ1n) is 4.46. The normalized spacial score (nSPS) is 14.7. The summed E-state index contributed by atoms with van der Waals surface area (Å²) >= 11 is 0. The Bertz CT molecular complexity index is 241. The average molecular weight is 249 g/mol. The number of aliphatic hydroxyl groups is 1. The van der Waals surface area contributed by atoms with Crippen molar-refractivity contribution in [1.29, 1.82) is 0 Å². The van der Waals surface area contributed by atoms with Crippen LogP contribution in [0.5, 0.6) is 0 Å².